The first-order valence-corrected chi connectivity index (χ1v) is 5.67. The molecule has 1 amide bonds. The van der Waals surface area contributed by atoms with Crippen LogP contribution in [0.15, 0.2) is 18.2 Å². The van der Waals surface area contributed by atoms with Gasteiger partial charge in [-0.1, -0.05) is 0 Å². The summed E-state index contributed by atoms with van der Waals surface area (Å²) in [6.45, 7) is 3.93. The number of nitrogens with two attached hydrogens (primary N) is 1. The maximum atomic E-state index is 11.2. The van der Waals surface area contributed by atoms with Gasteiger partial charge in [-0.15, -0.1) is 0 Å². The summed E-state index contributed by atoms with van der Waals surface area (Å²) in [6.07, 6.45) is 2.50. The minimum atomic E-state index is -0.392. The highest BCUT2D eigenvalue weighted by Gasteiger charge is 2.25. The van der Waals surface area contributed by atoms with Crippen molar-refractivity contribution in [1.29, 1.82) is 0 Å². The van der Waals surface area contributed by atoms with E-state index in [1.807, 2.05) is 26.0 Å². The summed E-state index contributed by atoms with van der Waals surface area (Å²) >= 11 is 0. The standard InChI is InChI=1S/C13H17NO2/c1-8(2)16-12-6-10(9-3-4-9)5-11(7-12)13(14)15/h5-9H,3-4H2,1-2H3,(H2,14,15). The first-order chi connectivity index (χ1) is 7.56. The fraction of sp³-hybridized carbons (Fsp3) is 0.462. The third kappa shape index (κ3) is 2.54. The summed E-state index contributed by atoms with van der Waals surface area (Å²) < 4.78 is 5.62. The molecule has 1 aliphatic rings. The molecule has 0 saturated heterocycles. The monoisotopic (exact) mass is 219 g/mol. The number of amides is 1. The number of hydrogen-bond donors (Lipinski definition) is 1. The molecule has 1 fully saturated rings. The summed E-state index contributed by atoms with van der Waals surface area (Å²) in [5.41, 5.74) is 7.02. The maximum Gasteiger partial charge on any atom is 0.248 e. The number of carbonyl (C=O) groups excluding carboxylic acids is 1. The van der Waals surface area contributed by atoms with E-state index >= 15 is 0 Å². The fourth-order valence-corrected chi connectivity index (χ4v) is 1.76. The van der Waals surface area contributed by atoms with Crippen LogP contribution in [0, 0.1) is 0 Å². The van der Waals surface area contributed by atoms with Crippen molar-refractivity contribution < 1.29 is 9.53 Å². The van der Waals surface area contributed by atoms with Crippen LogP contribution in [0.25, 0.3) is 0 Å². The van der Waals surface area contributed by atoms with E-state index in [0.717, 1.165) is 5.75 Å². The highest BCUT2D eigenvalue weighted by Crippen LogP contribution is 2.41. The molecule has 3 nitrogen and oxygen atoms in total. The van der Waals surface area contributed by atoms with Crippen LogP contribution >= 0.6 is 0 Å². The van der Waals surface area contributed by atoms with Gasteiger partial charge in [0.15, 0.2) is 0 Å². The summed E-state index contributed by atoms with van der Waals surface area (Å²) in [5.74, 6) is 0.943. The molecule has 1 aliphatic carbocycles. The Hall–Kier alpha value is -1.51. The summed E-state index contributed by atoms with van der Waals surface area (Å²) in [6, 6.07) is 5.62. The van der Waals surface area contributed by atoms with E-state index in [0.29, 0.717) is 11.5 Å². The molecule has 2 N–H and O–H groups in total. The highest BCUT2D eigenvalue weighted by atomic mass is 16.5. The van der Waals surface area contributed by atoms with Gasteiger partial charge >= 0.3 is 0 Å². The lowest BCUT2D eigenvalue weighted by Crippen LogP contribution is -2.12. The summed E-state index contributed by atoms with van der Waals surface area (Å²) in [4.78, 5) is 11.2. The van der Waals surface area contributed by atoms with E-state index in [1.54, 1.807) is 6.07 Å². The van der Waals surface area contributed by atoms with Gasteiger partial charge in [-0.05, 0) is 56.4 Å². The van der Waals surface area contributed by atoms with Crippen molar-refractivity contribution in [2.24, 2.45) is 5.73 Å². The normalized spacial score (nSPS) is 15.2. The molecular formula is C13H17NO2. The second-order valence-electron chi connectivity index (χ2n) is 4.60. The van der Waals surface area contributed by atoms with Crippen LogP contribution in [-0.2, 0) is 0 Å². The molecule has 0 radical (unpaired) electrons. The van der Waals surface area contributed by atoms with Crippen LogP contribution in [0.2, 0.25) is 0 Å². The Kier molecular flexibility index (Phi) is 2.86. The maximum absolute atomic E-state index is 11.2. The Balaban J connectivity index is 2.32. The summed E-state index contributed by atoms with van der Waals surface area (Å²) in [5, 5.41) is 0. The molecule has 0 spiro atoms. The molecule has 86 valence electrons. The van der Waals surface area contributed by atoms with Gasteiger partial charge in [0.1, 0.15) is 5.75 Å². The molecule has 16 heavy (non-hydrogen) atoms. The predicted molar refractivity (Wildman–Crippen MR) is 62.7 cm³/mol. The zero-order chi connectivity index (χ0) is 11.7. The Morgan fingerprint density at radius 2 is 2.06 bits per heavy atom. The molecule has 3 heteroatoms. The average Bonchev–Trinajstić information content (AvgIpc) is 2.98. The van der Waals surface area contributed by atoms with Gasteiger partial charge < -0.3 is 10.5 Å². The van der Waals surface area contributed by atoms with E-state index in [1.165, 1.54) is 18.4 Å². The van der Waals surface area contributed by atoms with Gasteiger partial charge in [-0.25, -0.2) is 0 Å². The van der Waals surface area contributed by atoms with Gasteiger partial charge in [0, 0.05) is 5.56 Å². The number of primary amides is 1. The van der Waals surface area contributed by atoms with Gasteiger partial charge in [0.05, 0.1) is 6.10 Å². The van der Waals surface area contributed by atoms with Crippen molar-refractivity contribution in [3.8, 4) is 5.75 Å². The second kappa shape index (κ2) is 4.16. The van der Waals surface area contributed by atoms with Crippen LogP contribution in [-0.4, -0.2) is 12.0 Å². The number of carbonyl (C=O) groups is 1. The molecule has 0 aromatic heterocycles. The molecular weight excluding hydrogens is 202 g/mol. The number of rotatable bonds is 4. The molecule has 0 bridgehead atoms. The van der Waals surface area contributed by atoms with Gasteiger partial charge in [0.25, 0.3) is 0 Å². The zero-order valence-electron chi connectivity index (χ0n) is 9.69. The van der Waals surface area contributed by atoms with Gasteiger partial charge in [0.2, 0.25) is 5.91 Å². The molecule has 0 aliphatic heterocycles. The Labute approximate surface area is 95.6 Å². The Morgan fingerprint density at radius 3 is 2.56 bits per heavy atom. The van der Waals surface area contributed by atoms with Crippen LogP contribution in [0.1, 0.15) is 48.5 Å². The molecule has 1 aromatic rings. The van der Waals surface area contributed by atoms with Crippen molar-refractivity contribution in [2.45, 2.75) is 38.7 Å². The summed E-state index contributed by atoms with van der Waals surface area (Å²) in [7, 11) is 0. The number of benzene rings is 1. The van der Waals surface area contributed by atoms with Crippen molar-refractivity contribution in [1.82, 2.24) is 0 Å². The van der Waals surface area contributed by atoms with Crippen LogP contribution in [0.5, 0.6) is 5.75 Å². The molecule has 0 heterocycles. The quantitative estimate of drug-likeness (QED) is 0.845. The van der Waals surface area contributed by atoms with Gasteiger partial charge in [-0.3, -0.25) is 4.79 Å². The predicted octanol–water partition coefficient (Wildman–Crippen LogP) is 2.45. The second-order valence-corrected chi connectivity index (χ2v) is 4.60. The molecule has 1 aromatic carbocycles. The SMILES string of the molecule is CC(C)Oc1cc(C(N)=O)cc(C2CC2)c1. The van der Waals surface area contributed by atoms with Crippen molar-refractivity contribution in [3.63, 3.8) is 0 Å². The van der Waals surface area contributed by atoms with Crippen molar-refractivity contribution in [2.75, 3.05) is 0 Å². The van der Waals surface area contributed by atoms with E-state index < -0.39 is 5.91 Å². The van der Waals surface area contributed by atoms with Gasteiger partial charge in [-0.2, -0.15) is 0 Å². The van der Waals surface area contributed by atoms with Crippen LogP contribution in [0.4, 0.5) is 0 Å². The van der Waals surface area contributed by atoms with Crippen LogP contribution < -0.4 is 10.5 Å². The third-order valence-corrected chi connectivity index (χ3v) is 2.63. The zero-order valence-corrected chi connectivity index (χ0v) is 9.69. The van der Waals surface area contributed by atoms with E-state index in [-0.39, 0.29) is 6.10 Å². The molecule has 0 unspecified atom stereocenters. The van der Waals surface area contributed by atoms with Crippen molar-refractivity contribution >= 4 is 5.91 Å². The molecule has 0 atom stereocenters. The lowest BCUT2D eigenvalue weighted by molar-refractivity contribution is 0.0999. The Bertz CT molecular complexity index is 408. The highest BCUT2D eigenvalue weighted by molar-refractivity contribution is 5.93. The van der Waals surface area contributed by atoms with E-state index in [9.17, 15) is 4.79 Å². The first-order valence-electron chi connectivity index (χ1n) is 5.67. The minimum Gasteiger partial charge on any atom is -0.491 e. The topological polar surface area (TPSA) is 52.3 Å². The number of hydrogen-bond acceptors (Lipinski definition) is 2. The average molecular weight is 219 g/mol. The fourth-order valence-electron chi connectivity index (χ4n) is 1.76. The van der Waals surface area contributed by atoms with Crippen LogP contribution in [0.3, 0.4) is 0 Å². The number of ether oxygens (including phenoxy) is 1. The molecule has 1 saturated carbocycles. The smallest absolute Gasteiger partial charge is 0.248 e. The lowest BCUT2D eigenvalue weighted by Gasteiger charge is -2.12. The Morgan fingerprint density at radius 1 is 1.38 bits per heavy atom. The van der Waals surface area contributed by atoms with E-state index in [4.69, 9.17) is 10.5 Å². The third-order valence-electron chi connectivity index (χ3n) is 2.63. The minimum absolute atomic E-state index is 0.107. The largest absolute Gasteiger partial charge is 0.491 e. The lowest BCUT2D eigenvalue weighted by atomic mass is 10.1. The van der Waals surface area contributed by atoms with E-state index in [2.05, 4.69) is 0 Å². The first kappa shape index (κ1) is 11.0. The van der Waals surface area contributed by atoms with Crippen molar-refractivity contribution in [3.05, 3.63) is 29.3 Å². The molecule has 2 rings (SSSR count).